The molecule has 1 aromatic rings. The fraction of sp³-hybridized carbons (Fsp3) is 0.619. The summed E-state index contributed by atoms with van der Waals surface area (Å²) in [5.74, 6) is -0.0839. The Labute approximate surface area is 202 Å². The van der Waals surface area contributed by atoms with E-state index in [1.54, 1.807) is 42.4 Å². The van der Waals surface area contributed by atoms with Gasteiger partial charge in [0.2, 0.25) is 5.91 Å². The molecule has 2 atom stereocenters. The van der Waals surface area contributed by atoms with Crippen LogP contribution in [0.3, 0.4) is 0 Å². The van der Waals surface area contributed by atoms with Gasteiger partial charge in [0.1, 0.15) is 34.7 Å². The minimum atomic E-state index is -0.623. The highest BCUT2D eigenvalue weighted by molar-refractivity contribution is 6.42. The molecule has 0 aromatic carbocycles. The SMILES string of the molecule is C[C@H]1C(=O)NCCN1c1nc(Cl)c(Cl)c2c1C(=O)N1CCN(C(=O)OC(C)(C)C)C[C@@H]1CO2. The van der Waals surface area contributed by atoms with E-state index < -0.39 is 23.8 Å². The molecule has 0 bridgehead atoms. The second-order valence-electron chi connectivity index (χ2n) is 9.29. The fourth-order valence-corrected chi connectivity index (χ4v) is 4.55. The molecule has 0 saturated carbocycles. The molecule has 33 heavy (non-hydrogen) atoms. The zero-order valence-electron chi connectivity index (χ0n) is 19.0. The highest BCUT2D eigenvalue weighted by Crippen LogP contribution is 2.42. The second-order valence-corrected chi connectivity index (χ2v) is 10.0. The van der Waals surface area contributed by atoms with Crippen molar-refractivity contribution in [2.75, 3.05) is 44.2 Å². The third-order valence-electron chi connectivity index (χ3n) is 5.84. The molecule has 3 aliphatic heterocycles. The Hall–Kier alpha value is -2.46. The average molecular weight is 500 g/mol. The van der Waals surface area contributed by atoms with Crippen molar-refractivity contribution in [2.24, 2.45) is 0 Å². The molecule has 4 heterocycles. The molecule has 2 saturated heterocycles. The lowest BCUT2D eigenvalue weighted by Gasteiger charge is -2.40. The van der Waals surface area contributed by atoms with E-state index in [0.29, 0.717) is 26.2 Å². The van der Waals surface area contributed by atoms with Crippen LogP contribution in [0.2, 0.25) is 10.2 Å². The van der Waals surface area contributed by atoms with Gasteiger partial charge in [0.05, 0.1) is 6.04 Å². The van der Waals surface area contributed by atoms with Crippen LogP contribution in [0, 0.1) is 0 Å². The topological polar surface area (TPSA) is 104 Å². The molecule has 3 amide bonds. The number of ether oxygens (including phenoxy) is 2. The summed E-state index contributed by atoms with van der Waals surface area (Å²) in [6.45, 7) is 8.99. The highest BCUT2D eigenvalue weighted by atomic mass is 35.5. The molecule has 1 aromatic heterocycles. The van der Waals surface area contributed by atoms with Gasteiger partial charge in [0.15, 0.2) is 10.9 Å². The van der Waals surface area contributed by atoms with Crippen LogP contribution in [0.15, 0.2) is 0 Å². The van der Waals surface area contributed by atoms with E-state index in [2.05, 4.69) is 10.3 Å². The first kappa shape index (κ1) is 23.7. The lowest BCUT2D eigenvalue weighted by Crippen LogP contribution is -2.58. The van der Waals surface area contributed by atoms with Gasteiger partial charge in [-0.05, 0) is 27.7 Å². The average Bonchev–Trinajstić information content (AvgIpc) is 2.88. The standard InChI is InChI=1S/C21H27Cl2N5O5/c1-11-18(29)24-5-6-27(11)17-13-15(14(22)16(23)25-17)32-10-12-9-26(7-8-28(12)19(13)30)20(31)33-21(2,3)4/h11-12H,5-10H2,1-4H3,(H,24,29)/t11-,12+/m0/s1. The van der Waals surface area contributed by atoms with Crippen molar-refractivity contribution in [1.82, 2.24) is 20.1 Å². The van der Waals surface area contributed by atoms with Gasteiger partial charge < -0.3 is 29.5 Å². The molecule has 4 rings (SSSR count). The summed E-state index contributed by atoms with van der Waals surface area (Å²) in [5, 5.41) is 2.83. The molecule has 0 unspecified atom stereocenters. The van der Waals surface area contributed by atoms with Gasteiger partial charge in [-0.15, -0.1) is 0 Å². The molecule has 0 aliphatic carbocycles. The number of hydrogen-bond donors (Lipinski definition) is 1. The number of aromatic nitrogens is 1. The number of fused-ring (bicyclic) bond motifs is 2. The number of carbonyl (C=O) groups is 3. The maximum Gasteiger partial charge on any atom is 0.410 e. The van der Waals surface area contributed by atoms with Crippen LogP contribution in [0.25, 0.3) is 0 Å². The molecule has 1 N–H and O–H groups in total. The molecule has 10 nitrogen and oxygen atoms in total. The van der Waals surface area contributed by atoms with Crippen LogP contribution in [0.5, 0.6) is 5.75 Å². The third-order valence-corrected chi connectivity index (χ3v) is 6.56. The third kappa shape index (κ3) is 4.50. The van der Waals surface area contributed by atoms with E-state index in [1.807, 2.05) is 0 Å². The van der Waals surface area contributed by atoms with Gasteiger partial charge >= 0.3 is 6.09 Å². The van der Waals surface area contributed by atoms with Gasteiger partial charge in [0.25, 0.3) is 5.91 Å². The normalized spacial score (nSPS) is 23.3. The van der Waals surface area contributed by atoms with Crippen LogP contribution in [0.4, 0.5) is 10.6 Å². The quantitative estimate of drug-likeness (QED) is 0.590. The van der Waals surface area contributed by atoms with Gasteiger partial charge in [-0.2, -0.15) is 0 Å². The number of hydrogen-bond acceptors (Lipinski definition) is 7. The number of carbonyl (C=O) groups excluding carboxylic acids is 3. The van der Waals surface area contributed by atoms with Crippen molar-refractivity contribution >= 4 is 46.9 Å². The lowest BCUT2D eigenvalue weighted by molar-refractivity contribution is -0.122. The fourth-order valence-electron chi connectivity index (χ4n) is 4.19. The zero-order valence-corrected chi connectivity index (χ0v) is 20.5. The summed E-state index contributed by atoms with van der Waals surface area (Å²) in [6, 6.07) is -0.959. The van der Waals surface area contributed by atoms with Crippen molar-refractivity contribution in [3.63, 3.8) is 0 Å². The van der Waals surface area contributed by atoms with Crippen molar-refractivity contribution in [2.45, 2.75) is 45.4 Å². The Balaban J connectivity index is 1.67. The predicted octanol–water partition coefficient (Wildman–Crippen LogP) is 2.17. The largest absolute Gasteiger partial charge is 0.489 e. The zero-order chi connectivity index (χ0) is 24.1. The van der Waals surface area contributed by atoms with Crippen molar-refractivity contribution in [1.29, 1.82) is 0 Å². The highest BCUT2D eigenvalue weighted by Gasteiger charge is 2.42. The molecule has 3 aliphatic rings. The van der Waals surface area contributed by atoms with E-state index in [-0.39, 0.29) is 52.3 Å². The summed E-state index contributed by atoms with van der Waals surface area (Å²) < 4.78 is 11.5. The maximum atomic E-state index is 13.7. The molecule has 180 valence electrons. The number of amides is 3. The first-order valence-corrected chi connectivity index (χ1v) is 11.6. The van der Waals surface area contributed by atoms with Crippen molar-refractivity contribution < 1.29 is 23.9 Å². The van der Waals surface area contributed by atoms with Crippen LogP contribution >= 0.6 is 23.2 Å². The van der Waals surface area contributed by atoms with Gasteiger partial charge in [0, 0.05) is 32.7 Å². The molecular formula is C21H27Cl2N5O5. The number of anilines is 1. The number of piperazine rings is 2. The van der Waals surface area contributed by atoms with Gasteiger partial charge in [-0.1, -0.05) is 23.2 Å². The Morgan fingerprint density at radius 1 is 1.18 bits per heavy atom. The van der Waals surface area contributed by atoms with Gasteiger partial charge in [-0.25, -0.2) is 9.78 Å². The van der Waals surface area contributed by atoms with Crippen LogP contribution in [-0.4, -0.2) is 89.7 Å². The van der Waals surface area contributed by atoms with Gasteiger partial charge in [-0.3, -0.25) is 9.59 Å². The second kappa shape index (κ2) is 8.72. The minimum Gasteiger partial charge on any atom is -0.489 e. The summed E-state index contributed by atoms with van der Waals surface area (Å²) in [6.07, 6.45) is -0.437. The van der Waals surface area contributed by atoms with E-state index in [0.717, 1.165) is 0 Å². The van der Waals surface area contributed by atoms with E-state index in [1.165, 1.54) is 0 Å². The first-order chi connectivity index (χ1) is 15.5. The smallest absolute Gasteiger partial charge is 0.410 e. The summed E-state index contributed by atoms with van der Waals surface area (Å²) in [5.41, 5.74) is -0.443. The van der Waals surface area contributed by atoms with E-state index in [4.69, 9.17) is 32.7 Å². The summed E-state index contributed by atoms with van der Waals surface area (Å²) >= 11 is 12.7. The number of nitrogens with one attached hydrogen (secondary N) is 1. The Morgan fingerprint density at radius 3 is 2.61 bits per heavy atom. The van der Waals surface area contributed by atoms with Crippen molar-refractivity contribution in [3.8, 4) is 5.75 Å². The molecule has 0 spiro atoms. The maximum absolute atomic E-state index is 13.7. The summed E-state index contributed by atoms with van der Waals surface area (Å²) in [4.78, 5) is 47.9. The number of rotatable bonds is 1. The lowest BCUT2D eigenvalue weighted by atomic mass is 10.1. The number of nitrogens with zero attached hydrogens (tertiary/aromatic N) is 4. The molecule has 2 fully saturated rings. The molecule has 12 heteroatoms. The van der Waals surface area contributed by atoms with Crippen molar-refractivity contribution in [3.05, 3.63) is 15.7 Å². The Morgan fingerprint density at radius 2 is 1.91 bits per heavy atom. The van der Waals surface area contributed by atoms with Crippen LogP contribution in [0.1, 0.15) is 38.1 Å². The Kier molecular flexibility index (Phi) is 6.26. The molecular weight excluding hydrogens is 473 g/mol. The minimum absolute atomic E-state index is 0.00773. The first-order valence-electron chi connectivity index (χ1n) is 10.8. The van der Waals surface area contributed by atoms with E-state index in [9.17, 15) is 14.4 Å². The monoisotopic (exact) mass is 499 g/mol. The van der Waals surface area contributed by atoms with Crippen LogP contribution < -0.4 is 15.0 Å². The number of halogens is 2. The number of pyridine rings is 1. The predicted molar refractivity (Wildman–Crippen MR) is 122 cm³/mol. The Bertz CT molecular complexity index is 998. The molecule has 0 radical (unpaired) electrons. The van der Waals surface area contributed by atoms with E-state index >= 15 is 0 Å². The van der Waals surface area contributed by atoms with Crippen LogP contribution in [-0.2, 0) is 9.53 Å². The summed E-state index contributed by atoms with van der Waals surface area (Å²) in [7, 11) is 0.